The maximum Gasteiger partial charge on any atom is 0.225 e. The van der Waals surface area contributed by atoms with Gasteiger partial charge in [-0.1, -0.05) is 6.92 Å². The van der Waals surface area contributed by atoms with Gasteiger partial charge in [0.15, 0.2) is 0 Å². The van der Waals surface area contributed by atoms with Crippen molar-refractivity contribution < 1.29 is 0 Å². The maximum absolute atomic E-state index is 4.42. The van der Waals surface area contributed by atoms with Crippen molar-refractivity contribution in [3.63, 3.8) is 0 Å². The molecule has 1 atom stereocenters. The second kappa shape index (κ2) is 5.45. The Morgan fingerprint density at radius 2 is 2.06 bits per heavy atom. The fourth-order valence-electron chi connectivity index (χ4n) is 1.64. The van der Waals surface area contributed by atoms with E-state index in [0.29, 0.717) is 6.04 Å². The standard InChI is InChI=1S/C13H22N4/c1-4-10(2)17(3)13-15-8-11(9-16-13)7-14-12-5-6-12/h8-10,12,14H,4-7H2,1-3H3. The molecule has 1 fully saturated rings. The highest BCUT2D eigenvalue weighted by Gasteiger charge is 2.20. The molecule has 1 aromatic rings. The Morgan fingerprint density at radius 3 is 2.59 bits per heavy atom. The van der Waals surface area contributed by atoms with Crippen LogP contribution in [0.25, 0.3) is 0 Å². The van der Waals surface area contributed by atoms with Crippen molar-refractivity contribution in [2.75, 3.05) is 11.9 Å². The molecule has 1 unspecified atom stereocenters. The van der Waals surface area contributed by atoms with E-state index in [1.54, 1.807) is 0 Å². The Kier molecular flexibility index (Phi) is 3.94. The highest BCUT2D eigenvalue weighted by Crippen LogP contribution is 2.19. The summed E-state index contributed by atoms with van der Waals surface area (Å²) in [4.78, 5) is 11.0. The monoisotopic (exact) mass is 234 g/mol. The average molecular weight is 234 g/mol. The van der Waals surface area contributed by atoms with E-state index in [1.807, 2.05) is 19.4 Å². The minimum atomic E-state index is 0.477. The van der Waals surface area contributed by atoms with Gasteiger partial charge in [0.05, 0.1) is 0 Å². The number of aromatic nitrogens is 2. The molecule has 1 aromatic heterocycles. The zero-order valence-electron chi connectivity index (χ0n) is 11.0. The van der Waals surface area contributed by atoms with E-state index in [-0.39, 0.29) is 0 Å². The number of nitrogens with zero attached hydrogens (tertiary/aromatic N) is 3. The molecule has 2 rings (SSSR count). The fourth-order valence-corrected chi connectivity index (χ4v) is 1.64. The molecule has 1 heterocycles. The van der Waals surface area contributed by atoms with Crippen molar-refractivity contribution >= 4 is 5.95 Å². The Labute approximate surface area is 103 Å². The molecule has 0 aliphatic heterocycles. The van der Waals surface area contributed by atoms with Crippen molar-refractivity contribution in [1.29, 1.82) is 0 Å². The molecule has 1 aliphatic rings. The Bertz CT molecular complexity index is 345. The molecule has 4 heteroatoms. The van der Waals surface area contributed by atoms with Crippen LogP contribution in [0.1, 0.15) is 38.7 Å². The summed E-state index contributed by atoms with van der Waals surface area (Å²) in [6.07, 6.45) is 7.59. The summed E-state index contributed by atoms with van der Waals surface area (Å²) in [5.41, 5.74) is 1.17. The van der Waals surface area contributed by atoms with E-state index in [0.717, 1.165) is 25.0 Å². The molecular formula is C13H22N4. The summed E-state index contributed by atoms with van der Waals surface area (Å²) in [5, 5.41) is 3.46. The summed E-state index contributed by atoms with van der Waals surface area (Å²) < 4.78 is 0. The van der Waals surface area contributed by atoms with E-state index in [4.69, 9.17) is 0 Å². The summed E-state index contributed by atoms with van der Waals surface area (Å²) in [6.45, 7) is 5.25. The molecule has 1 saturated carbocycles. The third-order valence-electron chi connectivity index (χ3n) is 3.43. The van der Waals surface area contributed by atoms with Gasteiger partial charge in [-0.3, -0.25) is 0 Å². The van der Waals surface area contributed by atoms with Gasteiger partial charge in [0.1, 0.15) is 0 Å². The first-order valence-corrected chi connectivity index (χ1v) is 6.47. The van der Waals surface area contributed by atoms with Gasteiger partial charge in [-0.15, -0.1) is 0 Å². The summed E-state index contributed by atoms with van der Waals surface area (Å²) in [7, 11) is 2.05. The zero-order valence-corrected chi connectivity index (χ0v) is 11.0. The second-order valence-electron chi connectivity index (χ2n) is 4.91. The highest BCUT2D eigenvalue weighted by atomic mass is 15.2. The lowest BCUT2D eigenvalue weighted by molar-refractivity contribution is 0.644. The van der Waals surface area contributed by atoms with Gasteiger partial charge >= 0.3 is 0 Å². The minimum absolute atomic E-state index is 0.477. The first-order valence-electron chi connectivity index (χ1n) is 6.47. The Hall–Kier alpha value is -1.16. The van der Waals surface area contributed by atoms with Crippen molar-refractivity contribution in [2.45, 2.75) is 51.7 Å². The van der Waals surface area contributed by atoms with E-state index < -0.39 is 0 Å². The quantitative estimate of drug-likeness (QED) is 0.817. The van der Waals surface area contributed by atoms with Gasteiger partial charge < -0.3 is 10.2 Å². The summed E-state index contributed by atoms with van der Waals surface area (Å²) in [6, 6.07) is 1.21. The van der Waals surface area contributed by atoms with Gasteiger partial charge in [-0.25, -0.2) is 9.97 Å². The molecule has 17 heavy (non-hydrogen) atoms. The molecule has 0 radical (unpaired) electrons. The van der Waals surface area contributed by atoms with E-state index in [1.165, 1.54) is 18.4 Å². The van der Waals surface area contributed by atoms with Crippen LogP contribution < -0.4 is 10.2 Å². The van der Waals surface area contributed by atoms with Crippen LogP contribution in [-0.4, -0.2) is 29.1 Å². The van der Waals surface area contributed by atoms with Crippen LogP contribution in [0.2, 0.25) is 0 Å². The Balaban J connectivity index is 1.91. The van der Waals surface area contributed by atoms with Gasteiger partial charge in [0, 0.05) is 43.6 Å². The van der Waals surface area contributed by atoms with Crippen LogP contribution >= 0.6 is 0 Å². The smallest absolute Gasteiger partial charge is 0.225 e. The molecular weight excluding hydrogens is 212 g/mol. The van der Waals surface area contributed by atoms with Gasteiger partial charge in [0.25, 0.3) is 0 Å². The largest absolute Gasteiger partial charge is 0.341 e. The normalized spacial score (nSPS) is 16.9. The lowest BCUT2D eigenvalue weighted by Gasteiger charge is -2.23. The number of nitrogens with one attached hydrogen (secondary N) is 1. The number of hydrogen-bond donors (Lipinski definition) is 1. The van der Waals surface area contributed by atoms with Crippen molar-refractivity contribution in [3.8, 4) is 0 Å². The predicted molar refractivity (Wildman–Crippen MR) is 70.0 cm³/mol. The molecule has 1 aliphatic carbocycles. The molecule has 4 nitrogen and oxygen atoms in total. The summed E-state index contributed by atoms with van der Waals surface area (Å²) in [5.74, 6) is 0.814. The topological polar surface area (TPSA) is 41.1 Å². The average Bonchev–Trinajstić information content (AvgIpc) is 3.19. The molecule has 0 aromatic carbocycles. The van der Waals surface area contributed by atoms with Crippen LogP contribution in [-0.2, 0) is 6.54 Å². The molecule has 0 saturated heterocycles. The minimum Gasteiger partial charge on any atom is -0.341 e. The lowest BCUT2D eigenvalue weighted by atomic mass is 10.2. The van der Waals surface area contributed by atoms with Crippen molar-refractivity contribution in [1.82, 2.24) is 15.3 Å². The molecule has 0 spiro atoms. The third-order valence-corrected chi connectivity index (χ3v) is 3.43. The maximum atomic E-state index is 4.42. The van der Waals surface area contributed by atoms with Crippen LogP contribution in [0.15, 0.2) is 12.4 Å². The first-order chi connectivity index (χ1) is 8.20. The molecule has 94 valence electrons. The van der Waals surface area contributed by atoms with Crippen LogP contribution in [0.4, 0.5) is 5.95 Å². The van der Waals surface area contributed by atoms with Gasteiger partial charge in [-0.2, -0.15) is 0 Å². The summed E-state index contributed by atoms with van der Waals surface area (Å²) >= 11 is 0. The lowest BCUT2D eigenvalue weighted by Crippen LogP contribution is -2.29. The number of rotatable bonds is 6. The molecule has 0 amide bonds. The third kappa shape index (κ3) is 3.40. The molecule has 0 bridgehead atoms. The first kappa shape index (κ1) is 12.3. The zero-order chi connectivity index (χ0) is 12.3. The SMILES string of the molecule is CCC(C)N(C)c1ncc(CNC2CC2)cn1. The fraction of sp³-hybridized carbons (Fsp3) is 0.692. The van der Waals surface area contributed by atoms with Gasteiger partial charge in [-0.05, 0) is 26.2 Å². The Morgan fingerprint density at radius 1 is 1.41 bits per heavy atom. The highest BCUT2D eigenvalue weighted by molar-refractivity contribution is 5.29. The van der Waals surface area contributed by atoms with Crippen LogP contribution in [0.3, 0.4) is 0 Å². The predicted octanol–water partition coefficient (Wildman–Crippen LogP) is 1.96. The van der Waals surface area contributed by atoms with Crippen molar-refractivity contribution in [2.24, 2.45) is 0 Å². The number of hydrogen-bond acceptors (Lipinski definition) is 4. The molecule has 1 N–H and O–H groups in total. The van der Waals surface area contributed by atoms with E-state index >= 15 is 0 Å². The van der Waals surface area contributed by atoms with E-state index in [2.05, 4.69) is 34.0 Å². The van der Waals surface area contributed by atoms with Crippen LogP contribution in [0.5, 0.6) is 0 Å². The number of anilines is 1. The van der Waals surface area contributed by atoms with Crippen LogP contribution in [0, 0.1) is 0 Å². The van der Waals surface area contributed by atoms with E-state index in [9.17, 15) is 0 Å². The second-order valence-corrected chi connectivity index (χ2v) is 4.91. The van der Waals surface area contributed by atoms with Crippen molar-refractivity contribution in [3.05, 3.63) is 18.0 Å². The van der Waals surface area contributed by atoms with Gasteiger partial charge in [0.2, 0.25) is 5.95 Å².